The van der Waals surface area contributed by atoms with Crippen molar-refractivity contribution >= 4 is 23.3 Å². The molecule has 0 aliphatic carbocycles. The average Bonchev–Trinajstić information content (AvgIpc) is 2.66. The van der Waals surface area contributed by atoms with Crippen LogP contribution in [0.25, 0.3) is 0 Å². The van der Waals surface area contributed by atoms with Crippen molar-refractivity contribution in [2.75, 3.05) is 20.3 Å². The summed E-state index contributed by atoms with van der Waals surface area (Å²) in [4.78, 5) is 41.0. The Bertz CT molecular complexity index is 889. The summed E-state index contributed by atoms with van der Waals surface area (Å²) in [7, 11) is 1.49. The Labute approximate surface area is 174 Å². The first-order chi connectivity index (χ1) is 14.2. The fourth-order valence-electron chi connectivity index (χ4n) is 3.39. The number of non-ortho nitro benzene ring substituents is 1. The van der Waals surface area contributed by atoms with E-state index in [4.69, 9.17) is 14.2 Å². The van der Waals surface area contributed by atoms with Gasteiger partial charge in [0, 0.05) is 36.6 Å². The number of nitro benzene ring substituents is 1. The fourth-order valence-corrected chi connectivity index (χ4v) is 3.39. The van der Waals surface area contributed by atoms with Crippen LogP contribution in [0.2, 0.25) is 0 Å². The normalized spacial score (nSPS) is 18.8. The van der Waals surface area contributed by atoms with Gasteiger partial charge in [0.1, 0.15) is 12.5 Å². The summed E-state index contributed by atoms with van der Waals surface area (Å²) in [6.07, 6.45) is -0.386. The van der Waals surface area contributed by atoms with Crippen molar-refractivity contribution in [1.29, 1.82) is 0 Å². The topological polar surface area (TPSA) is 117 Å². The molecule has 1 heterocycles. The minimum absolute atomic E-state index is 0.0369. The van der Waals surface area contributed by atoms with Gasteiger partial charge in [-0.15, -0.1) is 0 Å². The van der Waals surface area contributed by atoms with Gasteiger partial charge < -0.3 is 14.2 Å². The number of esters is 2. The maximum Gasteiger partial charge on any atom is 0.336 e. The molecule has 1 aromatic rings. The zero-order valence-electron chi connectivity index (χ0n) is 17.7. The van der Waals surface area contributed by atoms with Gasteiger partial charge in [-0.25, -0.2) is 4.79 Å². The van der Waals surface area contributed by atoms with Gasteiger partial charge in [0.15, 0.2) is 0 Å². The van der Waals surface area contributed by atoms with Crippen LogP contribution in [0.3, 0.4) is 0 Å². The number of ether oxygens (including phenoxy) is 3. The van der Waals surface area contributed by atoms with Gasteiger partial charge in [-0.1, -0.05) is 12.1 Å². The Hall–Kier alpha value is -3.07. The second-order valence-electron chi connectivity index (χ2n) is 7.17. The lowest BCUT2D eigenvalue weighted by Crippen LogP contribution is -2.37. The first-order valence-electron chi connectivity index (χ1n) is 9.54. The maximum atomic E-state index is 12.9. The predicted octanol–water partition coefficient (Wildman–Crippen LogP) is 3.18. The van der Waals surface area contributed by atoms with E-state index < -0.39 is 28.7 Å². The highest BCUT2D eigenvalue weighted by molar-refractivity contribution is 6.07. The number of rotatable bonds is 8. The van der Waals surface area contributed by atoms with Crippen molar-refractivity contribution in [2.45, 2.75) is 39.7 Å². The van der Waals surface area contributed by atoms with E-state index >= 15 is 0 Å². The van der Waals surface area contributed by atoms with Gasteiger partial charge in [-0.2, -0.15) is 0 Å². The second kappa shape index (κ2) is 10.1. The summed E-state index contributed by atoms with van der Waals surface area (Å²) in [5.74, 6) is -2.97. The smallest absolute Gasteiger partial charge is 0.336 e. The molecule has 1 aliphatic rings. The van der Waals surface area contributed by atoms with E-state index in [1.807, 2.05) is 0 Å². The van der Waals surface area contributed by atoms with E-state index in [1.54, 1.807) is 33.8 Å². The Morgan fingerprint density at radius 1 is 1.23 bits per heavy atom. The van der Waals surface area contributed by atoms with E-state index in [9.17, 15) is 19.7 Å². The molecule has 162 valence electrons. The lowest BCUT2D eigenvalue weighted by atomic mass is 9.75. The Kier molecular flexibility index (Phi) is 7.82. The highest BCUT2D eigenvalue weighted by Gasteiger charge is 2.43. The summed E-state index contributed by atoms with van der Waals surface area (Å²) in [5.41, 5.74) is 1.32. The highest BCUT2D eigenvalue weighted by atomic mass is 16.6. The molecule has 0 spiro atoms. The van der Waals surface area contributed by atoms with Crippen LogP contribution in [-0.4, -0.2) is 49.0 Å². The number of aliphatic imine (C=N–C) groups is 1. The van der Waals surface area contributed by atoms with E-state index in [0.29, 0.717) is 17.0 Å². The van der Waals surface area contributed by atoms with Crippen LogP contribution in [0.5, 0.6) is 0 Å². The fraction of sp³-hybridized carbons (Fsp3) is 0.476. The van der Waals surface area contributed by atoms with Gasteiger partial charge in [0.25, 0.3) is 5.69 Å². The van der Waals surface area contributed by atoms with Gasteiger partial charge in [-0.3, -0.25) is 19.9 Å². The molecule has 0 amide bonds. The van der Waals surface area contributed by atoms with Gasteiger partial charge >= 0.3 is 11.9 Å². The molecule has 0 bridgehead atoms. The van der Waals surface area contributed by atoms with Crippen LogP contribution in [0.4, 0.5) is 5.69 Å². The lowest BCUT2D eigenvalue weighted by Gasteiger charge is -2.31. The molecule has 0 aromatic heterocycles. The second-order valence-corrected chi connectivity index (χ2v) is 7.17. The number of carbonyl (C=O) groups excluding carboxylic acids is 2. The molecule has 0 unspecified atom stereocenters. The molecule has 0 radical (unpaired) electrons. The third-order valence-corrected chi connectivity index (χ3v) is 4.62. The number of methoxy groups -OCH3 is 1. The standard InChI is InChI=1S/C21H26N2O7/c1-12(2)30-21(25)18-14(4)22-13(3)17(20(24)29-10-9-28-5)19(18)15-7-6-8-16(11-15)23(26)27/h6-8,11-12,17,19H,9-10H2,1-5H3/t17-,19+/m1/s1. The SMILES string of the molecule is COCCOC(=O)[C@@H]1C(C)=NC(C)=C(C(=O)OC(C)C)[C@H]1c1cccc([N+](=O)[O-])c1. The monoisotopic (exact) mass is 418 g/mol. The average molecular weight is 418 g/mol. The Balaban J connectivity index is 2.59. The third kappa shape index (κ3) is 5.29. The molecule has 0 N–H and O–H groups in total. The molecule has 9 heteroatoms. The van der Waals surface area contributed by atoms with E-state index in [-0.39, 0.29) is 30.6 Å². The molecule has 0 saturated carbocycles. The summed E-state index contributed by atoms with van der Waals surface area (Å²) >= 11 is 0. The highest BCUT2D eigenvalue weighted by Crippen LogP contribution is 2.41. The summed E-state index contributed by atoms with van der Waals surface area (Å²) in [5, 5.41) is 11.3. The molecule has 0 saturated heterocycles. The zero-order valence-corrected chi connectivity index (χ0v) is 17.7. The van der Waals surface area contributed by atoms with Crippen molar-refractivity contribution < 1.29 is 28.7 Å². The predicted molar refractivity (Wildman–Crippen MR) is 109 cm³/mol. The van der Waals surface area contributed by atoms with E-state index in [2.05, 4.69) is 4.99 Å². The minimum Gasteiger partial charge on any atom is -0.463 e. The number of hydrogen-bond acceptors (Lipinski definition) is 8. The van der Waals surface area contributed by atoms with Crippen LogP contribution in [0.1, 0.15) is 39.2 Å². The lowest BCUT2D eigenvalue weighted by molar-refractivity contribution is -0.384. The molecule has 0 fully saturated rings. The summed E-state index contributed by atoms with van der Waals surface area (Å²) < 4.78 is 15.6. The molecule has 2 atom stereocenters. The van der Waals surface area contributed by atoms with Crippen molar-refractivity contribution in [3.8, 4) is 0 Å². The largest absolute Gasteiger partial charge is 0.463 e. The molecule has 1 aromatic carbocycles. The third-order valence-electron chi connectivity index (χ3n) is 4.62. The molecular weight excluding hydrogens is 392 g/mol. The maximum absolute atomic E-state index is 12.9. The number of nitro groups is 1. The molecular formula is C21H26N2O7. The first-order valence-corrected chi connectivity index (χ1v) is 9.54. The van der Waals surface area contributed by atoms with Crippen LogP contribution in [0, 0.1) is 16.0 Å². The molecule has 9 nitrogen and oxygen atoms in total. The molecule has 1 aliphatic heterocycles. The number of carbonyl (C=O) groups is 2. The van der Waals surface area contributed by atoms with Crippen molar-refractivity contribution in [3.05, 3.63) is 51.2 Å². The van der Waals surface area contributed by atoms with Crippen LogP contribution in [0.15, 0.2) is 40.5 Å². The number of hydrogen-bond donors (Lipinski definition) is 0. The van der Waals surface area contributed by atoms with Crippen LogP contribution in [-0.2, 0) is 23.8 Å². The van der Waals surface area contributed by atoms with Gasteiger partial charge in [0.05, 0.1) is 23.2 Å². The number of allylic oxidation sites excluding steroid dienone is 1. The Morgan fingerprint density at radius 2 is 1.93 bits per heavy atom. The minimum atomic E-state index is -0.928. The first kappa shape index (κ1) is 23.2. The summed E-state index contributed by atoms with van der Waals surface area (Å²) in [6, 6.07) is 5.86. The molecule has 30 heavy (non-hydrogen) atoms. The van der Waals surface area contributed by atoms with Crippen LogP contribution >= 0.6 is 0 Å². The van der Waals surface area contributed by atoms with Gasteiger partial charge in [0.2, 0.25) is 0 Å². The van der Waals surface area contributed by atoms with E-state index in [1.165, 1.54) is 25.3 Å². The summed E-state index contributed by atoms with van der Waals surface area (Å²) in [6.45, 7) is 6.99. The molecule has 2 rings (SSSR count). The van der Waals surface area contributed by atoms with Crippen molar-refractivity contribution in [3.63, 3.8) is 0 Å². The van der Waals surface area contributed by atoms with Crippen molar-refractivity contribution in [1.82, 2.24) is 0 Å². The van der Waals surface area contributed by atoms with Gasteiger partial charge in [-0.05, 0) is 33.3 Å². The zero-order chi connectivity index (χ0) is 22.4. The quantitative estimate of drug-likeness (QED) is 0.275. The number of nitrogens with zero attached hydrogens (tertiary/aromatic N) is 2. The Morgan fingerprint density at radius 3 is 2.53 bits per heavy atom. The van der Waals surface area contributed by atoms with E-state index in [0.717, 1.165) is 0 Å². The van der Waals surface area contributed by atoms with Crippen molar-refractivity contribution in [2.24, 2.45) is 10.9 Å². The van der Waals surface area contributed by atoms with Crippen LogP contribution < -0.4 is 0 Å². The number of benzene rings is 1.